The van der Waals surface area contributed by atoms with Crippen molar-refractivity contribution in [3.63, 3.8) is 0 Å². The summed E-state index contributed by atoms with van der Waals surface area (Å²) in [6.07, 6.45) is 5.29. The first-order valence-corrected chi connectivity index (χ1v) is 8.30. The van der Waals surface area contributed by atoms with Crippen LogP contribution in [0.5, 0.6) is 0 Å². The second-order valence-corrected chi connectivity index (χ2v) is 4.59. The molecular formula is C19H27N5. The molecule has 0 unspecified atom stereocenters. The van der Waals surface area contributed by atoms with Gasteiger partial charge in [0, 0.05) is 23.0 Å². The van der Waals surface area contributed by atoms with Gasteiger partial charge in [0.05, 0.1) is 29.1 Å². The van der Waals surface area contributed by atoms with Gasteiger partial charge in [0.25, 0.3) is 0 Å². The number of pyridine rings is 1. The Morgan fingerprint density at radius 2 is 1.71 bits per heavy atom. The van der Waals surface area contributed by atoms with E-state index in [1.54, 1.807) is 12.5 Å². The van der Waals surface area contributed by atoms with Crippen LogP contribution in [0.1, 0.15) is 33.4 Å². The van der Waals surface area contributed by atoms with Gasteiger partial charge in [-0.3, -0.25) is 4.98 Å². The van der Waals surface area contributed by atoms with Crippen molar-refractivity contribution in [3.05, 3.63) is 54.7 Å². The van der Waals surface area contributed by atoms with Crippen LogP contribution in [0.3, 0.4) is 0 Å². The molecule has 0 atom stereocenters. The minimum absolute atomic E-state index is 0.761. The molecule has 0 aliphatic rings. The monoisotopic (exact) mass is 325 g/mol. The molecule has 24 heavy (non-hydrogen) atoms. The number of hydrogen-bond donors (Lipinski definition) is 3. The van der Waals surface area contributed by atoms with Gasteiger partial charge in [0.2, 0.25) is 0 Å². The highest BCUT2D eigenvalue weighted by Crippen LogP contribution is 2.12. The molecule has 0 radical (unpaired) electrons. The molecule has 0 fully saturated rings. The maximum Gasteiger partial charge on any atom is 0.0931 e. The van der Waals surface area contributed by atoms with Gasteiger partial charge in [0.1, 0.15) is 0 Å². The van der Waals surface area contributed by atoms with Gasteiger partial charge in [0.15, 0.2) is 0 Å². The number of benzene rings is 1. The molecular weight excluding hydrogens is 298 g/mol. The van der Waals surface area contributed by atoms with Gasteiger partial charge in [-0.2, -0.15) is 0 Å². The first kappa shape index (κ1) is 19.2. The van der Waals surface area contributed by atoms with Crippen molar-refractivity contribution in [2.45, 2.75) is 34.6 Å². The molecule has 4 aromatic rings. The SMILES string of the molecule is CC.CC.Cc1cc2ccncc2[nH]1.Nc1ccc2nc[nH]c2c1. The molecule has 5 heteroatoms. The number of rotatable bonds is 0. The molecule has 3 heterocycles. The van der Waals surface area contributed by atoms with Crippen molar-refractivity contribution in [2.24, 2.45) is 0 Å². The van der Waals surface area contributed by atoms with E-state index in [1.165, 1.54) is 11.1 Å². The topological polar surface area (TPSA) is 83.4 Å². The van der Waals surface area contributed by atoms with Crippen LogP contribution < -0.4 is 5.73 Å². The maximum atomic E-state index is 5.54. The number of nitrogens with one attached hydrogen (secondary N) is 2. The molecule has 0 saturated heterocycles. The number of fused-ring (bicyclic) bond motifs is 2. The Labute approximate surface area is 143 Å². The lowest BCUT2D eigenvalue weighted by molar-refractivity contribution is 1.28. The average Bonchev–Trinajstić information content (AvgIpc) is 3.23. The first-order valence-electron chi connectivity index (χ1n) is 8.30. The smallest absolute Gasteiger partial charge is 0.0931 e. The third-order valence-corrected chi connectivity index (χ3v) is 3.00. The Bertz CT molecular complexity index is 812. The molecule has 0 bridgehead atoms. The van der Waals surface area contributed by atoms with Crippen molar-refractivity contribution in [1.82, 2.24) is 19.9 Å². The Kier molecular flexibility index (Phi) is 8.05. The van der Waals surface area contributed by atoms with Crippen molar-refractivity contribution < 1.29 is 0 Å². The second-order valence-electron chi connectivity index (χ2n) is 4.59. The summed E-state index contributed by atoms with van der Waals surface area (Å²) < 4.78 is 0. The molecule has 4 N–H and O–H groups in total. The van der Waals surface area contributed by atoms with Crippen LogP contribution in [0.25, 0.3) is 21.9 Å². The van der Waals surface area contributed by atoms with Gasteiger partial charge in [-0.25, -0.2) is 4.98 Å². The number of aryl methyl sites for hydroxylation is 1. The highest BCUT2D eigenvalue weighted by Gasteiger charge is 1.93. The lowest BCUT2D eigenvalue weighted by Gasteiger charge is -1.89. The second kappa shape index (κ2) is 10.0. The van der Waals surface area contributed by atoms with Crippen LogP contribution in [0.15, 0.2) is 49.1 Å². The molecule has 1 aromatic carbocycles. The van der Waals surface area contributed by atoms with Crippen LogP contribution >= 0.6 is 0 Å². The molecule has 4 rings (SSSR count). The van der Waals surface area contributed by atoms with E-state index >= 15 is 0 Å². The molecule has 128 valence electrons. The van der Waals surface area contributed by atoms with E-state index in [0.29, 0.717) is 0 Å². The molecule has 0 amide bonds. The normalized spacial score (nSPS) is 9.21. The molecule has 0 aliphatic heterocycles. The van der Waals surface area contributed by atoms with Gasteiger partial charge < -0.3 is 15.7 Å². The highest BCUT2D eigenvalue weighted by atomic mass is 14.9. The van der Waals surface area contributed by atoms with Crippen molar-refractivity contribution in [2.75, 3.05) is 5.73 Å². The van der Waals surface area contributed by atoms with E-state index in [0.717, 1.165) is 22.2 Å². The van der Waals surface area contributed by atoms with Crippen molar-refractivity contribution in [3.8, 4) is 0 Å². The summed E-state index contributed by atoms with van der Waals surface area (Å²) in [7, 11) is 0. The summed E-state index contributed by atoms with van der Waals surface area (Å²) in [6.45, 7) is 10.0. The van der Waals surface area contributed by atoms with Crippen LogP contribution in [-0.4, -0.2) is 19.9 Å². The fourth-order valence-corrected chi connectivity index (χ4v) is 2.07. The van der Waals surface area contributed by atoms with Crippen LogP contribution in [0, 0.1) is 6.92 Å². The number of anilines is 1. The number of imidazole rings is 1. The zero-order valence-electron chi connectivity index (χ0n) is 15.1. The number of aromatic nitrogens is 4. The quantitative estimate of drug-likeness (QED) is 0.395. The largest absolute Gasteiger partial charge is 0.399 e. The number of nitrogens with two attached hydrogens (primary N) is 1. The Balaban J connectivity index is 0.000000199. The minimum Gasteiger partial charge on any atom is -0.399 e. The Morgan fingerprint density at radius 3 is 2.42 bits per heavy atom. The number of aromatic amines is 2. The predicted octanol–water partition coefficient (Wildman–Crippen LogP) is 5.07. The van der Waals surface area contributed by atoms with E-state index in [-0.39, 0.29) is 0 Å². The summed E-state index contributed by atoms with van der Waals surface area (Å²) in [6, 6.07) is 9.70. The Hall–Kier alpha value is -2.82. The van der Waals surface area contributed by atoms with E-state index in [1.807, 2.05) is 65.1 Å². The maximum absolute atomic E-state index is 5.54. The fourth-order valence-electron chi connectivity index (χ4n) is 2.07. The molecule has 0 aliphatic carbocycles. The van der Waals surface area contributed by atoms with Crippen LogP contribution in [0.2, 0.25) is 0 Å². The van der Waals surface area contributed by atoms with Crippen molar-refractivity contribution >= 4 is 27.6 Å². The lowest BCUT2D eigenvalue weighted by atomic mass is 10.3. The predicted molar refractivity (Wildman–Crippen MR) is 104 cm³/mol. The molecule has 0 saturated carbocycles. The van der Waals surface area contributed by atoms with E-state index in [9.17, 15) is 0 Å². The summed E-state index contributed by atoms with van der Waals surface area (Å²) in [4.78, 5) is 14.2. The van der Waals surface area contributed by atoms with E-state index in [4.69, 9.17) is 5.73 Å². The summed E-state index contributed by atoms with van der Waals surface area (Å²) in [5, 5.41) is 1.23. The van der Waals surface area contributed by atoms with Crippen LogP contribution in [0.4, 0.5) is 5.69 Å². The number of H-pyrrole nitrogens is 2. The Morgan fingerprint density at radius 1 is 0.958 bits per heavy atom. The lowest BCUT2D eigenvalue weighted by Crippen LogP contribution is -1.82. The zero-order valence-corrected chi connectivity index (χ0v) is 15.1. The average molecular weight is 325 g/mol. The standard InChI is InChI=1S/C8H8N2.C7H7N3.2C2H6/c1-6-4-7-2-3-9-5-8(7)10-6;8-5-1-2-6-7(3-5)10-4-9-6;2*1-2/h2-5,10H,1H3;1-4H,8H2,(H,9,10);2*1-2H3. The van der Waals surface area contributed by atoms with Gasteiger partial charge >= 0.3 is 0 Å². The van der Waals surface area contributed by atoms with Gasteiger partial charge in [-0.05, 0) is 37.3 Å². The first-order chi connectivity index (χ1) is 11.7. The number of nitrogens with zero attached hydrogens (tertiary/aromatic N) is 2. The molecule has 5 nitrogen and oxygen atoms in total. The third-order valence-electron chi connectivity index (χ3n) is 3.00. The third kappa shape index (κ3) is 5.12. The summed E-state index contributed by atoms with van der Waals surface area (Å²) >= 11 is 0. The fraction of sp³-hybridized carbons (Fsp3) is 0.263. The zero-order chi connectivity index (χ0) is 17.9. The molecule has 0 spiro atoms. The van der Waals surface area contributed by atoms with Gasteiger partial charge in [-0.15, -0.1) is 0 Å². The number of nitrogen functional groups attached to an aromatic ring is 1. The number of hydrogen-bond acceptors (Lipinski definition) is 3. The van der Waals surface area contributed by atoms with Crippen LogP contribution in [-0.2, 0) is 0 Å². The summed E-state index contributed by atoms with van der Waals surface area (Å²) in [5.41, 5.74) is 10.5. The van der Waals surface area contributed by atoms with E-state index < -0.39 is 0 Å². The summed E-state index contributed by atoms with van der Waals surface area (Å²) in [5.74, 6) is 0. The molecule has 3 aromatic heterocycles. The minimum atomic E-state index is 0.761. The van der Waals surface area contributed by atoms with Crippen molar-refractivity contribution in [1.29, 1.82) is 0 Å². The van der Waals surface area contributed by atoms with E-state index in [2.05, 4.69) is 26.0 Å². The van der Waals surface area contributed by atoms with Gasteiger partial charge in [-0.1, -0.05) is 27.7 Å². The highest BCUT2D eigenvalue weighted by molar-refractivity contribution is 5.79.